The maximum absolute atomic E-state index is 14.6. The van der Waals surface area contributed by atoms with Crippen molar-refractivity contribution < 1.29 is 14.3 Å². The quantitative estimate of drug-likeness (QED) is 0.816. The molecule has 2 atom stereocenters. The van der Waals surface area contributed by atoms with Gasteiger partial charge in [0.05, 0.1) is 17.6 Å². The largest absolute Gasteiger partial charge is 0.374 e. The van der Waals surface area contributed by atoms with Crippen molar-refractivity contribution in [2.24, 2.45) is 12.0 Å². The van der Waals surface area contributed by atoms with Gasteiger partial charge in [0.2, 0.25) is 5.78 Å². The monoisotopic (exact) mass is 314 g/mol. The summed E-state index contributed by atoms with van der Waals surface area (Å²) in [5, 5.41) is 14.8. The van der Waals surface area contributed by atoms with Gasteiger partial charge >= 0.3 is 0 Å². The molecule has 0 radical (unpaired) electrons. The number of halogens is 1. The van der Waals surface area contributed by atoms with Gasteiger partial charge in [-0.1, -0.05) is 6.07 Å². The summed E-state index contributed by atoms with van der Waals surface area (Å²) in [6.07, 6.45) is 1.23. The number of aromatic nitrogens is 2. The first-order valence-electron chi connectivity index (χ1n) is 7.29. The van der Waals surface area contributed by atoms with E-state index in [4.69, 9.17) is 0 Å². The zero-order valence-corrected chi connectivity index (χ0v) is 12.7. The minimum Gasteiger partial charge on any atom is -0.374 e. The normalized spacial score (nSPS) is 26.1. The van der Waals surface area contributed by atoms with E-state index in [0.29, 0.717) is 16.9 Å². The molecule has 1 fully saturated rings. The third-order valence-electron chi connectivity index (χ3n) is 4.31. The number of aryl methyl sites for hydroxylation is 2. The van der Waals surface area contributed by atoms with Crippen molar-refractivity contribution in [3.8, 4) is 0 Å². The van der Waals surface area contributed by atoms with Gasteiger partial charge < -0.3 is 5.11 Å². The highest BCUT2D eigenvalue weighted by Crippen LogP contribution is 2.42. The second-order valence-corrected chi connectivity index (χ2v) is 6.03. The molecule has 2 aromatic rings. The average Bonchev–Trinajstić information content (AvgIpc) is 3.01. The predicted octanol–water partition coefficient (Wildman–Crippen LogP) is 1.89. The lowest BCUT2D eigenvalue weighted by Crippen LogP contribution is -2.48. The highest BCUT2D eigenvalue weighted by molar-refractivity contribution is 6.28. The number of Topliss-reactive ketones (excluding diaryl/α,β-unsaturated/α-hetero) is 1. The highest BCUT2D eigenvalue weighted by Gasteiger charge is 2.57. The molecule has 0 amide bonds. The number of alkyl halides is 1. The van der Waals surface area contributed by atoms with Crippen LogP contribution < -0.4 is 4.90 Å². The second-order valence-electron chi connectivity index (χ2n) is 6.03. The number of aliphatic hydroxyl groups is 1. The number of benzene rings is 1. The number of hydrogen-bond donors (Lipinski definition) is 1. The average molecular weight is 314 g/mol. The Morgan fingerprint density at radius 3 is 2.91 bits per heavy atom. The fourth-order valence-corrected chi connectivity index (χ4v) is 3.18. The summed E-state index contributed by atoms with van der Waals surface area (Å²) in [6.45, 7) is 1.89. The molecule has 1 N–H and O–H groups in total. The molecule has 3 heterocycles. The van der Waals surface area contributed by atoms with Crippen LogP contribution in [-0.4, -0.2) is 38.4 Å². The van der Waals surface area contributed by atoms with Crippen LogP contribution >= 0.6 is 0 Å². The molecule has 0 saturated carbocycles. The molecule has 1 aromatic carbocycles. The summed E-state index contributed by atoms with van der Waals surface area (Å²) in [7, 11) is 1.71. The summed E-state index contributed by atoms with van der Waals surface area (Å²) in [6, 6.07) is 5.17. The molecular weight excluding hydrogens is 299 g/mol. The van der Waals surface area contributed by atoms with E-state index >= 15 is 0 Å². The molecule has 1 saturated heterocycles. The molecule has 0 aliphatic carbocycles. The van der Waals surface area contributed by atoms with Crippen molar-refractivity contribution in [2.45, 2.75) is 25.2 Å². The predicted molar refractivity (Wildman–Crippen MR) is 82.8 cm³/mol. The van der Waals surface area contributed by atoms with Crippen molar-refractivity contribution in [1.82, 2.24) is 9.78 Å². The van der Waals surface area contributed by atoms with Crippen LogP contribution in [0.1, 0.15) is 22.3 Å². The van der Waals surface area contributed by atoms with Crippen molar-refractivity contribution in [3.63, 3.8) is 0 Å². The summed E-state index contributed by atoms with van der Waals surface area (Å²) >= 11 is 0. The van der Waals surface area contributed by atoms with Gasteiger partial charge in [0.1, 0.15) is 0 Å². The standard InChI is InChI=1S/C16H15FN4O2/c1-9-3-4-11-12(5-9)19-15-16(23,14(11)22)6-13(17)21(15)10-7-18-20(2)8-10/h3-5,7-8,13,23H,6H2,1-2H3/t13-,16?/m1/s1. The van der Waals surface area contributed by atoms with Crippen LogP contribution in [-0.2, 0) is 7.05 Å². The number of carbonyl (C=O) groups is 1. The minimum absolute atomic E-state index is 0.0288. The molecule has 4 rings (SSSR count). The molecule has 6 nitrogen and oxygen atoms in total. The number of rotatable bonds is 1. The SMILES string of the molecule is Cc1ccc2c(c1)N=C1N(c3cnn(C)c3)[C@@H](F)CC1(O)C2=O. The highest BCUT2D eigenvalue weighted by atomic mass is 19.1. The Morgan fingerprint density at radius 2 is 2.22 bits per heavy atom. The second kappa shape index (κ2) is 4.48. The first-order valence-corrected chi connectivity index (χ1v) is 7.29. The number of fused-ring (bicyclic) bond motifs is 2. The number of hydrogen-bond acceptors (Lipinski definition) is 5. The third kappa shape index (κ3) is 1.86. The van der Waals surface area contributed by atoms with Crippen molar-refractivity contribution in [1.29, 1.82) is 0 Å². The van der Waals surface area contributed by atoms with Crippen molar-refractivity contribution in [2.75, 3.05) is 4.90 Å². The summed E-state index contributed by atoms with van der Waals surface area (Å²) in [5.41, 5.74) is 0.240. The maximum Gasteiger partial charge on any atom is 0.204 e. The molecule has 118 valence electrons. The Hall–Kier alpha value is -2.54. The minimum atomic E-state index is -1.93. The lowest BCUT2D eigenvalue weighted by atomic mass is 9.87. The summed E-state index contributed by atoms with van der Waals surface area (Å²) in [5.74, 6) is -0.479. The van der Waals surface area contributed by atoms with Crippen LogP contribution in [0, 0.1) is 6.92 Å². The zero-order chi connectivity index (χ0) is 16.4. The molecule has 7 heteroatoms. The maximum atomic E-state index is 14.6. The molecule has 23 heavy (non-hydrogen) atoms. The smallest absolute Gasteiger partial charge is 0.204 e. The molecular formula is C16H15FN4O2. The van der Waals surface area contributed by atoms with Crippen molar-refractivity contribution >= 4 is 23.0 Å². The zero-order valence-electron chi connectivity index (χ0n) is 12.7. The van der Waals surface area contributed by atoms with Crippen LogP contribution in [0.2, 0.25) is 0 Å². The summed E-state index contributed by atoms with van der Waals surface area (Å²) < 4.78 is 16.1. The van der Waals surface area contributed by atoms with Gasteiger partial charge in [-0.25, -0.2) is 9.38 Å². The topological polar surface area (TPSA) is 70.7 Å². The van der Waals surface area contributed by atoms with Gasteiger partial charge in [0, 0.05) is 25.2 Å². The fourth-order valence-electron chi connectivity index (χ4n) is 3.18. The van der Waals surface area contributed by atoms with Gasteiger partial charge in [-0.15, -0.1) is 0 Å². The van der Waals surface area contributed by atoms with E-state index in [0.717, 1.165) is 5.56 Å². The molecule has 0 spiro atoms. The van der Waals surface area contributed by atoms with Crippen LogP contribution in [0.25, 0.3) is 0 Å². The number of amidine groups is 1. The van der Waals surface area contributed by atoms with E-state index in [1.165, 1.54) is 15.8 Å². The number of carbonyl (C=O) groups excluding carboxylic acids is 1. The number of nitrogens with zero attached hydrogens (tertiary/aromatic N) is 4. The van der Waals surface area contributed by atoms with E-state index in [1.54, 1.807) is 31.4 Å². The number of aliphatic imine (C=N–C) groups is 1. The third-order valence-corrected chi connectivity index (χ3v) is 4.31. The van der Waals surface area contributed by atoms with Gasteiger partial charge in [-0.2, -0.15) is 5.10 Å². The van der Waals surface area contributed by atoms with Crippen LogP contribution in [0.3, 0.4) is 0 Å². The fraction of sp³-hybridized carbons (Fsp3) is 0.312. The van der Waals surface area contributed by atoms with E-state index in [2.05, 4.69) is 10.1 Å². The molecule has 2 aliphatic heterocycles. The van der Waals surface area contributed by atoms with E-state index in [1.807, 2.05) is 6.92 Å². The molecule has 1 aromatic heterocycles. The van der Waals surface area contributed by atoms with Gasteiger partial charge in [-0.3, -0.25) is 14.4 Å². The van der Waals surface area contributed by atoms with Crippen LogP contribution in [0.15, 0.2) is 35.6 Å². The van der Waals surface area contributed by atoms with Crippen LogP contribution in [0.5, 0.6) is 0 Å². The Morgan fingerprint density at radius 1 is 1.43 bits per heavy atom. The van der Waals surface area contributed by atoms with Gasteiger partial charge in [-0.05, 0) is 24.6 Å². The first-order chi connectivity index (χ1) is 10.9. The molecule has 0 bridgehead atoms. The Balaban J connectivity index is 1.92. The Labute approximate surface area is 131 Å². The lowest BCUT2D eigenvalue weighted by Gasteiger charge is -2.28. The van der Waals surface area contributed by atoms with E-state index in [-0.39, 0.29) is 12.3 Å². The van der Waals surface area contributed by atoms with Crippen LogP contribution in [0.4, 0.5) is 15.8 Å². The lowest BCUT2D eigenvalue weighted by molar-refractivity contribution is 0.0549. The number of anilines is 1. The van der Waals surface area contributed by atoms with E-state index < -0.39 is 17.7 Å². The molecule has 1 unspecified atom stereocenters. The van der Waals surface area contributed by atoms with Crippen molar-refractivity contribution in [3.05, 3.63) is 41.7 Å². The molecule has 2 aliphatic rings. The van der Waals surface area contributed by atoms with E-state index in [9.17, 15) is 14.3 Å². The number of ketones is 1. The van der Waals surface area contributed by atoms with Gasteiger partial charge in [0.15, 0.2) is 17.7 Å². The Kier molecular flexibility index (Phi) is 2.74. The first kappa shape index (κ1) is 14.1. The summed E-state index contributed by atoms with van der Waals surface area (Å²) in [4.78, 5) is 18.4. The van der Waals surface area contributed by atoms with Gasteiger partial charge in [0.25, 0.3) is 0 Å². The Bertz CT molecular complexity index is 860.